The Bertz CT molecular complexity index is 794. The first-order chi connectivity index (χ1) is 14.4. The number of carbonyl (C=O) groups excluding carboxylic acids is 1. The third-order valence-electron chi connectivity index (χ3n) is 10.3. The second-order valence-corrected chi connectivity index (χ2v) is 13.5. The van der Waals surface area contributed by atoms with E-state index in [1.165, 1.54) is 51.9 Å². The number of carbonyl (C=O) groups is 1. The van der Waals surface area contributed by atoms with Gasteiger partial charge < -0.3 is 4.74 Å². The fraction of sp³-hybridized carbons (Fsp3) is 0.960. The van der Waals surface area contributed by atoms with Gasteiger partial charge in [0.2, 0.25) is 0 Å². The van der Waals surface area contributed by atoms with Crippen molar-refractivity contribution in [1.29, 1.82) is 0 Å². The molecule has 0 aromatic carbocycles. The summed E-state index contributed by atoms with van der Waals surface area (Å²) in [5.41, 5.74) is 0.684. The highest BCUT2D eigenvalue weighted by molar-refractivity contribution is 7.85. The average Bonchev–Trinajstić information content (AvgIpc) is 3.03. The van der Waals surface area contributed by atoms with Crippen LogP contribution >= 0.6 is 0 Å². The van der Waals surface area contributed by atoms with Crippen LogP contribution in [0.25, 0.3) is 0 Å². The lowest BCUT2D eigenvalue weighted by atomic mass is 9.44. The third-order valence-corrected chi connectivity index (χ3v) is 10.8. The molecule has 2 unspecified atom stereocenters. The van der Waals surface area contributed by atoms with Gasteiger partial charge >= 0.3 is 5.97 Å². The summed E-state index contributed by atoms with van der Waals surface area (Å²) in [6.45, 7) is 9.07. The van der Waals surface area contributed by atoms with E-state index in [4.69, 9.17) is 8.92 Å². The molecule has 0 amide bonds. The van der Waals surface area contributed by atoms with Crippen molar-refractivity contribution >= 4 is 16.1 Å². The van der Waals surface area contributed by atoms with Crippen molar-refractivity contribution in [3.8, 4) is 0 Å². The van der Waals surface area contributed by atoms with E-state index in [9.17, 15) is 13.2 Å². The zero-order chi connectivity index (χ0) is 22.6. The third kappa shape index (κ3) is 4.32. The van der Waals surface area contributed by atoms with E-state index in [1.807, 2.05) is 0 Å². The number of rotatable bonds is 5. The van der Waals surface area contributed by atoms with Crippen LogP contribution < -0.4 is 0 Å². The Labute approximate surface area is 189 Å². The van der Waals surface area contributed by atoms with E-state index in [1.54, 1.807) is 0 Å². The van der Waals surface area contributed by atoms with Crippen LogP contribution in [-0.4, -0.2) is 33.4 Å². The lowest BCUT2D eigenvalue weighted by Crippen LogP contribution is -2.54. The highest BCUT2D eigenvalue weighted by Gasteiger charge is 2.60. The molecular weight excluding hydrogens is 412 g/mol. The first kappa shape index (κ1) is 23.5. The Kier molecular flexibility index (Phi) is 6.30. The molecule has 4 fully saturated rings. The van der Waals surface area contributed by atoms with Crippen molar-refractivity contribution in [2.75, 3.05) is 12.9 Å². The summed E-state index contributed by atoms with van der Waals surface area (Å²) < 4.78 is 33.8. The van der Waals surface area contributed by atoms with Crippen molar-refractivity contribution in [2.24, 2.45) is 46.3 Å². The standard InChI is InChI=1S/C25H42O5S/c1-16(15-29-31(5,27)28)21-8-9-22-20-7-6-18-14-19(30-17(2)26)10-12-24(18,3)23(20)11-13-25(21,22)4/h16,18-23H,6-15H2,1-5H3/t16-,18-,19+,20+,21-,22?,23?,24+,25-/m1/s1. The van der Waals surface area contributed by atoms with Gasteiger partial charge in [-0.3, -0.25) is 8.98 Å². The summed E-state index contributed by atoms with van der Waals surface area (Å²) in [5.74, 6) is 3.68. The fourth-order valence-corrected chi connectivity index (χ4v) is 9.34. The maximum Gasteiger partial charge on any atom is 0.302 e. The molecule has 6 heteroatoms. The van der Waals surface area contributed by atoms with Crippen molar-refractivity contribution in [3.63, 3.8) is 0 Å². The Morgan fingerprint density at radius 2 is 1.68 bits per heavy atom. The second kappa shape index (κ2) is 8.30. The molecule has 4 aliphatic carbocycles. The van der Waals surface area contributed by atoms with E-state index in [2.05, 4.69) is 20.8 Å². The quantitative estimate of drug-likeness (QED) is 0.422. The molecule has 0 spiro atoms. The van der Waals surface area contributed by atoms with Crippen LogP contribution in [0.1, 0.15) is 85.5 Å². The van der Waals surface area contributed by atoms with Crippen molar-refractivity contribution in [2.45, 2.75) is 91.6 Å². The molecule has 4 saturated carbocycles. The van der Waals surface area contributed by atoms with Crippen molar-refractivity contribution in [1.82, 2.24) is 0 Å². The fourth-order valence-electron chi connectivity index (χ4n) is 8.88. The van der Waals surface area contributed by atoms with Gasteiger partial charge in [0.05, 0.1) is 12.9 Å². The predicted molar refractivity (Wildman–Crippen MR) is 121 cm³/mol. The van der Waals surface area contributed by atoms with Crippen LogP contribution in [-0.2, 0) is 23.8 Å². The average molecular weight is 455 g/mol. The SMILES string of the molecule is CC(=O)O[C@H]1CC[C@]2(C)C3CC[C@@]4(C)C(CC[C@@H]4[C@H](C)COS(C)(=O)=O)[C@@H]3CC[C@@H]2C1. The molecule has 4 rings (SSSR count). The Balaban J connectivity index is 1.47. The number of hydrogen-bond donors (Lipinski definition) is 0. The molecule has 0 aromatic heterocycles. The van der Waals surface area contributed by atoms with Gasteiger partial charge in [0.25, 0.3) is 10.1 Å². The van der Waals surface area contributed by atoms with Crippen LogP contribution in [0.5, 0.6) is 0 Å². The lowest BCUT2D eigenvalue weighted by Gasteiger charge is -2.61. The molecular formula is C25H42O5S. The van der Waals surface area contributed by atoms with Crippen LogP contribution in [0.3, 0.4) is 0 Å². The molecule has 0 heterocycles. The van der Waals surface area contributed by atoms with Gasteiger partial charge in [0.15, 0.2) is 0 Å². The Morgan fingerprint density at radius 1 is 1.00 bits per heavy atom. The summed E-state index contributed by atoms with van der Waals surface area (Å²) >= 11 is 0. The largest absolute Gasteiger partial charge is 0.463 e. The van der Waals surface area contributed by atoms with E-state index in [-0.39, 0.29) is 18.0 Å². The van der Waals surface area contributed by atoms with Gasteiger partial charge in [-0.15, -0.1) is 0 Å². The van der Waals surface area contributed by atoms with Gasteiger partial charge in [0, 0.05) is 6.92 Å². The highest BCUT2D eigenvalue weighted by Crippen LogP contribution is 2.68. The molecule has 31 heavy (non-hydrogen) atoms. The normalized spacial score (nSPS) is 45.8. The molecule has 0 N–H and O–H groups in total. The summed E-state index contributed by atoms with van der Waals surface area (Å²) in [6.07, 6.45) is 12.1. The van der Waals surface area contributed by atoms with Crippen LogP contribution in [0.2, 0.25) is 0 Å². The smallest absolute Gasteiger partial charge is 0.302 e. The number of ether oxygens (including phenoxy) is 1. The summed E-state index contributed by atoms with van der Waals surface area (Å²) in [6, 6.07) is 0. The van der Waals surface area contributed by atoms with E-state index < -0.39 is 10.1 Å². The molecule has 5 nitrogen and oxygen atoms in total. The van der Waals surface area contributed by atoms with Gasteiger partial charge in [-0.25, -0.2) is 0 Å². The first-order valence-corrected chi connectivity index (χ1v) is 14.3. The molecule has 0 aliphatic heterocycles. The summed E-state index contributed by atoms with van der Waals surface area (Å²) in [4.78, 5) is 11.5. The Morgan fingerprint density at radius 3 is 2.35 bits per heavy atom. The highest BCUT2D eigenvalue weighted by atomic mass is 32.2. The first-order valence-electron chi connectivity index (χ1n) is 12.5. The summed E-state index contributed by atoms with van der Waals surface area (Å²) in [7, 11) is -3.38. The van der Waals surface area contributed by atoms with Crippen LogP contribution in [0.4, 0.5) is 0 Å². The van der Waals surface area contributed by atoms with E-state index in [0.29, 0.717) is 29.3 Å². The number of hydrogen-bond acceptors (Lipinski definition) is 5. The number of esters is 1. The topological polar surface area (TPSA) is 69.7 Å². The van der Waals surface area contributed by atoms with Gasteiger partial charge in [-0.2, -0.15) is 8.42 Å². The van der Waals surface area contributed by atoms with E-state index in [0.717, 1.165) is 36.9 Å². The zero-order valence-corrected chi connectivity index (χ0v) is 20.9. The molecule has 4 aliphatic rings. The van der Waals surface area contributed by atoms with Gasteiger partial charge in [-0.1, -0.05) is 20.8 Å². The number of fused-ring (bicyclic) bond motifs is 5. The molecule has 9 atom stereocenters. The molecule has 0 saturated heterocycles. The summed E-state index contributed by atoms with van der Waals surface area (Å²) in [5, 5.41) is 0. The van der Waals surface area contributed by atoms with Crippen molar-refractivity contribution in [3.05, 3.63) is 0 Å². The second-order valence-electron chi connectivity index (χ2n) is 11.9. The lowest BCUT2D eigenvalue weighted by molar-refractivity contribution is -0.160. The predicted octanol–water partition coefficient (Wildman–Crippen LogP) is 5.19. The van der Waals surface area contributed by atoms with Crippen LogP contribution in [0.15, 0.2) is 0 Å². The zero-order valence-electron chi connectivity index (χ0n) is 20.1. The van der Waals surface area contributed by atoms with Crippen molar-refractivity contribution < 1.29 is 22.1 Å². The minimum atomic E-state index is -3.38. The maximum atomic E-state index is 11.5. The minimum Gasteiger partial charge on any atom is -0.463 e. The van der Waals surface area contributed by atoms with Crippen LogP contribution in [0, 0.1) is 46.3 Å². The van der Waals surface area contributed by atoms with E-state index >= 15 is 0 Å². The monoisotopic (exact) mass is 454 g/mol. The molecule has 0 bridgehead atoms. The molecule has 178 valence electrons. The molecule has 0 radical (unpaired) electrons. The van der Waals surface area contributed by atoms with Gasteiger partial charge in [-0.05, 0) is 104 Å². The molecule has 0 aromatic rings. The van der Waals surface area contributed by atoms with Gasteiger partial charge in [0.1, 0.15) is 6.10 Å². The Hall–Kier alpha value is -0.620. The minimum absolute atomic E-state index is 0.118. The maximum absolute atomic E-state index is 11.5.